The van der Waals surface area contributed by atoms with Gasteiger partial charge in [-0.15, -0.1) is 11.3 Å². The first-order chi connectivity index (χ1) is 13.7. The summed E-state index contributed by atoms with van der Waals surface area (Å²) in [5.41, 5.74) is 0.869. The lowest BCUT2D eigenvalue weighted by molar-refractivity contribution is 0.329. The number of hydrogen-bond acceptors (Lipinski definition) is 5. The van der Waals surface area contributed by atoms with Crippen LogP contribution in [0, 0.1) is 0 Å². The Morgan fingerprint density at radius 3 is 2.21 bits per heavy atom. The summed E-state index contributed by atoms with van der Waals surface area (Å²) in [4.78, 5) is 1.06. The van der Waals surface area contributed by atoms with Gasteiger partial charge in [0.15, 0.2) is 9.84 Å². The summed E-state index contributed by atoms with van der Waals surface area (Å²) in [6.07, 6.45) is 1.65. The molecule has 0 N–H and O–H groups in total. The van der Waals surface area contributed by atoms with Crippen LogP contribution in [0.15, 0.2) is 81.9 Å². The maximum atomic E-state index is 13.5. The zero-order valence-electron chi connectivity index (χ0n) is 16.2. The van der Waals surface area contributed by atoms with Crippen molar-refractivity contribution < 1.29 is 16.8 Å². The Morgan fingerprint density at radius 1 is 0.897 bits per heavy atom. The number of benzene rings is 2. The van der Waals surface area contributed by atoms with Crippen LogP contribution in [0.25, 0.3) is 0 Å². The topological polar surface area (TPSA) is 71.5 Å². The van der Waals surface area contributed by atoms with Gasteiger partial charge in [-0.3, -0.25) is 0 Å². The van der Waals surface area contributed by atoms with E-state index in [2.05, 4.69) is 0 Å². The van der Waals surface area contributed by atoms with E-state index in [-0.39, 0.29) is 22.4 Å². The number of rotatable bonds is 8. The second kappa shape index (κ2) is 8.79. The number of thiophene rings is 1. The van der Waals surface area contributed by atoms with Gasteiger partial charge in [-0.2, -0.15) is 4.31 Å². The Bertz CT molecular complexity index is 1160. The molecule has 1 heterocycles. The lowest BCUT2D eigenvalue weighted by Gasteiger charge is -2.28. The molecule has 2 aromatic carbocycles. The van der Waals surface area contributed by atoms with E-state index in [4.69, 9.17) is 0 Å². The first kappa shape index (κ1) is 21.7. The molecule has 0 saturated heterocycles. The van der Waals surface area contributed by atoms with Gasteiger partial charge in [0.25, 0.3) is 0 Å². The van der Waals surface area contributed by atoms with Crippen molar-refractivity contribution in [3.63, 3.8) is 0 Å². The molecule has 0 radical (unpaired) electrons. The third-order valence-electron chi connectivity index (χ3n) is 4.59. The molecule has 1 atom stereocenters. The Balaban J connectivity index is 2.01. The second-order valence-electron chi connectivity index (χ2n) is 6.92. The number of hydrogen-bond donors (Lipinski definition) is 0. The molecular weight excluding hydrogens is 426 g/mol. The first-order valence-corrected chi connectivity index (χ1v) is 13.3. The normalized spacial score (nSPS) is 13.5. The maximum Gasteiger partial charge on any atom is 0.243 e. The van der Waals surface area contributed by atoms with Gasteiger partial charge in [-0.1, -0.05) is 42.5 Å². The van der Waals surface area contributed by atoms with E-state index in [1.165, 1.54) is 28.6 Å². The molecule has 154 valence electrons. The summed E-state index contributed by atoms with van der Waals surface area (Å²) in [6.45, 7) is 2.08. The fourth-order valence-electron chi connectivity index (χ4n) is 3.06. The van der Waals surface area contributed by atoms with Crippen molar-refractivity contribution in [3.05, 3.63) is 82.6 Å². The van der Waals surface area contributed by atoms with Crippen LogP contribution in [-0.4, -0.2) is 33.4 Å². The van der Waals surface area contributed by atoms with E-state index in [9.17, 15) is 16.8 Å². The molecule has 0 saturated carbocycles. The molecule has 5 nitrogen and oxygen atoms in total. The lowest BCUT2D eigenvalue weighted by atomic mass is 10.1. The largest absolute Gasteiger partial charge is 0.243 e. The van der Waals surface area contributed by atoms with E-state index >= 15 is 0 Å². The van der Waals surface area contributed by atoms with Crippen LogP contribution in [0.5, 0.6) is 0 Å². The lowest BCUT2D eigenvalue weighted by Crippen LogP contribution is -2.39. The van der Waals surface area contributed by atoms with Crippen molar-refractivity contribution in [2.75, 3.05) is 6.26 Å². The van der Waals surface area contributed by atoms with Gasteiger partial charge in [-0.25, -0.2) is 16.8 Å². The van der Waals surface area contributed by atoms with Crippen molar-refractivity contribution in [1.82, 2.24) is 4.31 Å². The number of sulfone groups is 1. The van der Waals surface area contributed by atoms with E-state index < -0.39 is 19.9 Å². The molecule has 0 bridgehead atoms. The highest BCUT2D eigenvalue weighted by molar-refractivity contribution is 7.91. The van der Waals surface area contributed by atoms with Gasteiger partial charge in [0.05, 0.1) is 9.79 Å². The van der Waals surface area contributed by atoms with E-state index in [1.807, 2.05) is 54.8 Å². The highest BCUT2D eigenvalue weighted by Crippen LogP contribution is 2.25. The van der Waals surface area contributed by atoms with Crippen molar-refractivity contribution in [2.45, 2.75) is 35.7 Å². The fourth-order valence-corrected chi connectivity index (χ4v) is 6.30. The summed E-state index contributed by atoms with van der Waals surface area (Å²) in [5, 5.41) is 1.97. The Hall–Kier alpha value is -2.00. The third kappa shape index (κ3) is 5.33. The van der Waals surface area contributed by atoms with Gasteiger partial charge in [0.2, 0.25) is 10.0 Å². The van der Waals surface area contributed by atoms with E-state index in [1.54, 1.807) is 11.3 Å². The smallest absolute Gasteiger partial charge is 0.224 e. The minimum Gasteiger partial charge on any atom is -0.224 e. The molecule has 0 aliphatic heterocycles. The van der Waals surface area contributed by atoms with Crippen LogP contribution < -0.4 is 0 Å². The van der Waals surface area contributed by atoms with Gasteiger partial charge in [0, 0.05) is 23.7 Å². The predicted octanol–water partition coefficient (Wildman–Crippen LogP) is 3.97. The van der Waals surface area contributed by atoms with E-state index in [0.29, 0.717) is 6.42 Å². The molecule has 0 amide bonds. The zero-order valence-corrected chi connectivity index (χ0v) is 18.7. The Morgan fingerprint density at radius 2 is 1.59 bits per heavy atom. The second-order valence-corrected chi connectivity index (χ2v) is 11.9. The average Bonchev–Trinajstić information content (AvgIpc) is 3.19. The monoisotopic (exact) mass is 449 g/mol. The average molecular weight is 450 g/mol. The summed E-state index contributed by atoms with van der Waals surface area (Å²) < 4.78 is 52.3. The first-order valence-electron chi connectivity index (χ1n) is 9.06. The summed E-state index contributed by atoms with van der Waals surface area (Å²) in [7, 11) is -7.42. The number of sulfonamides is 1. The van der Waals surface area contributed by atoms with Crippen LogP contribution in [0.4, 0.5) is 0 Å². The van der Waals surface area contributed by atoms with Gasteiger partial charge in [-0.05, 0) is 48.6 Å². The van der Waals surface area contributed by atoms with Crippen molar-refractivity contribution in [1.29, 1.82) is 0 Å². The van der Waals surface area contributed by atoms with Crippen molar-refractivity contribution >= 4 is 31.2 Å². The number of nitrogens with zero attached hydrogens (tertiary/aromatic N) is 1. The molecule has 8 heteroatoms. The molecule has 0 aliphatic carbocycles. The Kier molecular flexibility index (Phi) is 6.58. The van der Waals surface area contributed by atoms with Crippen LogP contribution in [-0.2, 0) is 32.8 Å². The zero-order chi connectivity index (χ0) is 21.1. The van der Waals surface area contributed by atoms with Crippen molar-refractivity contribution in [2.24, 2.45) is 0 Å². The SMILES string of the molecule is C[C@H](Cc1cccs1)N(Cc1ccccc1)S(=O)(=O)c1cccc(S(C)(=O)=O)c1. The third-order valence-corrected chi connectivity index (χ3v) is 8.55. The summed E-state index contributed by atoms with van der Waals surface area (Å²) >= 11 is 1.59. The quantitative estimate of drug-likeness (QED) is 0.522. The van der Waals surface area contributed by atoms with Gasteiger partial charge >= 0.3 is 0 Å². The molecule has 3 aromatic rings. The minimum atomic E-state index is -3.91. The molecule has 0 unspecified atom stereocenters. The van der Waals surface area contributed by atoms with Gasteiger partial charge < -0.3 is 0 Å². The van der Waals surface area contributed by atoms with Gasteiger partial charge in [0.1, 0.15) is 0 Å². The summed E-state index contributed by atoms with van der Waals surface area (Å²) in [5.74, 6) is 0. The standard InChI is InChI=1S/C21H23NO4S3/c1-17(14-19-10-7-13-27-19)22(16-18-8-4-3-5-9-18)29(25,26)21-12-6-11-20(15-21)28(2,23)24/h3-13,15,17H,14,16H2,1-2H3/t17-/m1/s1. The van der Waals surface area contributed by atoms with Crippen LogP contribution in [0.3, 0.4) is 0 Å². The molecule has 0 aliphatic rings. The maximum absolute atomic E-state index is 13.5. The van der Waals surface area contributed by atoms with Crippen LogP contribution >= 0.6 is 11.3 Å². The van der Waals surface area contributed by atoms with Crippen LogP contribution in [0.2, 0.25) is 0 Å². The molecule has 0 fully saturated rings. The minimum absolute atomic E-state index is 0.0101. The molecule has 29 heavy (non-hydrogen) atoms. The molecule has 0 spiro atoms. The molecule has 1 aromatic heterocycles. The Labute approximate surface area is 176 Å². The molecule has 3 rings (SSSR count). The van der Waals surface area contributed by atoms with Crippen LogP contribution in [0.1, 0.15) is 17.4 Å². The summed E-state index contributed by atoms with van der Waals surface area (Å²) in [6, 6.07) is 18.6. The van der Waals surface area contributed by atoms with Crippen molar-refractivity contribution in [3.8, 4) is 0 Å². The highest BCUT2D eigenvalue weighted by Gasteiger charge is 2.30. The highest BCUT2D eigenvalue weighted by atomic mass is 32.2. The molecular formula is C21H23NO4S3. The van der Waals surface area contributed by atoms with E-state index in [0.717, 1.165) is 16.7 Å². The fraction of sp³-hybridized carbons (Fsp3) is 0.238. The predicted molar refractivity (Wildman–Crippen MR) is 116 cm³/mol.